The topological polar surface area (TPSA) is 93.5 Å². The largest absolute Gasteiger partial charge is 0.483 e. The van der Waals surface area contributed by atoms with E-state index >= 15 is 0 Å². The first-order valence-electron chi connectivity index (χ1n) is 8.07. The molecule has 0 aliphatic heterocycles. The summed E-state index contributed by atoms with van der Waals surface area (Å²) >= 11 is 4.41. The first-order valence-corrected chi connectivity index (χ1v) is 9.75. The standard InChI is InChI=1S/C18H15BrFN3O4S/c1-10(24)21-7-12-3-5-16(27-12)14-9-28-18(22-14)23-17(25)8-26-15-4-2-11(20)6-13(15)19/h2-6,9H,7-8H2,1H3,(H,21,24)(H,22,23,25). The summed E-state index contributed by atoms with van der Waals surface area (Å²) in [4.78, 5) is 27.3. The van der Waals surface area contributed by atoms with Gasteiger partial charge in [0.1, 0.15) is 23.0 Å². The van der Waals surface area contributed by atoms with Crippen molar-refractivity contribution in [1.29, 1.82) is 0 Å². The molecule has 0 saturated heterocycles. The summed E-state index contributed by atoms with van der Waals surface area (Å²) in [5.41, 5.74) is 0.566. The highest BCUT2D eigenvalue weighted by atomic mass is 79.9. The summed E-state index contributed by atoms with van der Waals surface area (Å²) in [6.07, 6.45) is 0. The highest BCUT2D eigenvalue weighted by Crippen LogP contribution is 2.27. The van der Waals surface area contributed by atoms with Gasteiger partial charge in [-0.3, -0.25) is 14.9 Å². The molecule has 0 fully saturated rings. The van der Waals surface area contributed by atoms with Crippen LogP contribution in [0.1, 0.15) is 12.7 Å². The Hall–Kier alpha value is -2.72. The van der Waals surface area contributed by atoms with Gasteiger partial charge in [-0.25, -0.2) is 9.37 Å². The zero-order valence-corrected chi connectivity index (χ0v) is 17.0. The predicted octanol–water partition coefficient (Wildman–Crippen LogP) is 3.96. The second-order valence-corrected chi connectivity index (χ2v) is 7.34. The van der Waals surface area contributed by atoms with E-state index in [1.165, 1.54) is 36.5 Å². The predicted molar refractivity (Wildman–Crippen MR) is 106 cm³/mol. The van der Waals surface area contributed by atoms with Crippen LogP contribution in [-0.4, -0.2) is 23.4 Å². The average molecular weight is 468 g/mol. The first kappa shape index (κ1) is 20.0. The Balaban J connectivity index is 1.55. The van der Waals surface area contributed by atoms with Crippen molar-refractivity contribution in [3.05, 3.63) is 51.8 Å². The number of amides is 2. The van der Waals surface area contributed by atoms with Gasteiger partial charge in [0.05, 0.1) is 11.0 Å². The average Bonchev–Trinajstić information content (AvgIpc) is 3.28. The number of nitrogens with zero attached hydrogens (tertiary/aromatic N) is 1. The summed E-state index contributed by atoms with van der Waals surface area (Å²) in [7, 11) is 0. The van der Waals surface area contributed by atoms with Crippen molar-refractivity contribution in [1.82, 2.24) is 10.3 Å². The van der Waals surface area contributed by atoms with Gasteiger partial charge in [0.25, 0.3) is 5.91 Å². The van der Waals surface area contributed by atoms with E-state index in [9.17, 15) is 14.0 Å². The van der Waals surface area contributed by atoms with Gasteiger partial charge >= 0.3 is 0 Å². The number of furan rings is 1. The van der Waals surface area contributed by atoms with E-state index in [2.05, 4.69) is 31.5 Å². The summed E-state index contributed by atoms with van der Waals surface area (Å²) < 4.78 is 24.5. The Morgan fingerprint density at radius 1 is 1.32 bits per heavy atom. The Kier molecular flexibility index (Phi) is 6.42. The molecule has 1 aromatic carbocycles. The molecule has 3 rings (SSSR count). The second-order valence-electron chi connectivity index (χ2n) is 5.63. The molecule has 0 atom stereocenters. The van der Waals surface area contributed by atoms with Gasteiger partial charge in [-0.1, -0.05) is 0 Å². The zero-order valence-electron chi connectivity index (χ0n) is 14.6. The van der Waals surface area contributed by atoms with Crippen LogP contribution in [0.5, 0.6) is 5.75 Å². The van der Waals surface area contributed by atoms with Crippen molar-refractivity contribution < 1.29 is 23.1 Å². The molecule has 0 aliphatic carbocycles. The van der Waals surface area contributed by atoms with E-state index in [1.54, 1.807) is 17.5 Å². The van der Waals surface area contributed by atoms with Gasteiger partial charge in [-0.15, -0.1) is 11.3 Å². The molecule has 0 bridgehead atoms. The molecule has 0 saturated carbocycles. The molecule has 0 spiro atoms. The van der Waals surface area contributed by atoms with E-state index in [-0.39, 0.29) is 12.5 Å². The lowest BCUT2D eigenvalue weighted by atomic mass is 10.3. The van der Waals surface area contributed by atoms with Crippen molar-refractivity contribution in [2.45, 2.75) is 13.5 Å². The Labute approximate surface area is 172 Å². The van der Waals surface area contributed by atoms with Gasteiger partial charge in [0.2, 0.25) is 5.91 Å². The number of aromatic nitrogens is 1. The van der Waals surface area contributed by atoms with E-state index in [0.29, 0.717) is 39.1 Å². The van der Waals surface area contributed by atoms with Crippen molar-refractivity contribution in [3.63, 3.8) is 0 Å². The van der Waals surface area contributed by atoms with Crippen LogP contribution in [0, 0.1) is 5.82 Å². The fourth-order valence-corrected chi connectivity index (χ4v) is 3.34. The second kappa shape index (κ2) is 8.98. The highest BCUT2D eigenvalue weighted by molar-refractivity contribution is 9.10. The third-order valence-electron chi connectivity index (χ3n) is 3.43. The first-order chi connectivity index (χ1) is 13.4. The molecule has 0 unspecified atom stereocenters. The number of ether oxygens (including phenoxy) is 1. The molecule has 2 heterocycles. The van der Waals surface area contributed by atoms with Crippen molar-refractivity contribution in [3.8, 4) is 17.2 Å². The molecule has 10 heteroatoms. The minimum atomic E-state index is -0.405. The van der Waals surface area contributed by atoms with Gasteiger partial charge < -0.3 is 14.5 Å². The van der Waals surface area contributed by atoms with Crippen LogP contribution in [0.4, 0.5) is 9.52 Å². The van der Waals surface area contributed by atoms with Crippen molar-refractivity contribution in [2.24, 2.45) is 0 Å². The Morgan fingerprint density at radius 3 is 2.89 bits per heavy atom. The van der Waals surface area contributed by atoms with Crippen LogP contribution in [0.2, 0.25) is 0 Å². The van der Waals surface area contributed by atoms with Gasteiger partial charge in [-0.2, -0.15) is 0 Å². The molecule has 2 N–H and O–H groups in total. The fourth-order valence-electron chi connectivity index (χ4n) is 2.16. The Morgan fingerprint density at radius 2 is 2.14 bits per heavy atom. The number of rotatable bonds is 7. The SMILES string of the molecule is CC(=O)NCc1ccc(-c2csc(NC(=O)COc3ccc(F)cc3Br)n2)o1. The van der Waals surface area contributed by atoms with E-state index in [0.717, 1.165) is 0 Å². The Bertz CT molecular complexity index is 1000. The molecule has 2 aromatic heterocycles. The molecule has 0 radical (unpaired) electrons. The summed E-state index contributed by atoms with van der Waals surface area (Å²) in [6.45, 7) is 1.47. The third kappa shape index (κ3) is 5.40. The van der Waals surface area contributed by atoms with E-state index < -0.39 is 11.7 Å². The monoisotopic (exact) mass is 467 g/mol. The van der Waals surface area contributed by atoms with Crippen LogP contribution in [0.25, 0.3) is 11.5 Å². The quantitative estimate of drug-likeness (QED) is 0.548. The van der Waals surface area contributed by atoms with Crippen molar-refractivity contribution in [2.75, 3.05) is 11.9 Å². The number of benzene rings is 1. The maximum Gasteiger partial charge on any atom is 0.264 e. The van der Waals surface area contributed by atoms with Crippen LogP contribution in [0.3, 0.4) is 0 Å². The number of hydrogen-bond donors (Lipinski definition) is 2. The molecule has 28 heavy (non-hydrogen) atoms. The maximum atomic E-state index is 13.1. The van der Waals surface area contributed by atoms with E-state index in [1.807, 2.05) is 0 Å². The lowest BCUT2D eigenvalue weighted by molar-refractivity contribution is -0.119. The van der Waals surface area contributed by atoms with Gasteiger partial charge in [0.15, 0.2) is 17.5 Å². The maximum absolute atomic E-state index is 13.1. The molecule has 0 aliphatic rings. The summed E-state index contributed by atoms with van der Waals surface area (Å²) in [6, 6.07) is 7.42. The summed E-state index contributed by atoms with van der Waals surface area (Å²) in [5.74, 6) is 0.538. The summed E-state index contributed by atoms with van der Waals surface area (Å²) in [5, 5.41) is 7.42. The smallest absolute Gasteiger partial charge is 0.264 e. The number of carbonyl (C=O) groups excluding carboxylic acids is 2. The zero-order chi connectivity index (χ0) is 20.1. The van der Waals surface area contributed by atoms with Gasteiger partial charge in [-0.05, 0) is 46.3 Å². The normalized spacial score (nSPS) is 10.5. The van der Waals surface area contributed by atoms with Crippen molar-refractivity contribution >= 4 is 44.2 Å². The number of hydrogen-bond acceptors (Lipinski definition) is 6. The van der Waals surface area contributed by atoms with Crippen LogP contribution >= 0.6 is 27.3 Å². The molecular formula is C18H15BrFN3O4S. The van der Waals surface area contributed by atoms with E-state index in [4.69, 9.17) is 9.15 Å². The van der Waals surface area contributed by atoms with Crippen LogP contribution < -0.4 is 15.4 Å². The molecule has 146 valence electrons. The van der Waals surface area contributed by atoms with Crippen LogP contribution in [0.15, 0.2) is 44.6 Å². The molecule has 3 aromatic rings. The highest BCUT2D eigenvalue weighted by Gasteiger charge is 2.12. The molecule has 7 nitrogen and oxygen atoms in total. The number of halogens is 2. The number of nitrogens with one attached hydrogen (secondary N) is 2. The minimum absolute atomic E-state index is 0.147. The third-order valence-corrected chi connectivity index (χ3v) is 4.81. The lowest BCUT2D eigenvalue weighted by Crippen LogP contribution is -2.20. The van der Waals surface area contributed by atoms with Gasteiger partial charge in [0, 0.05) is 12.3 Å². The lowest BCUT2D eigenvalue weighted by Gasteiger charge is -2.07. The number of thiazole rings is 1. The fraction of sp³-hybridized carbons (Fsp3) is 0.167. The number of carbonyl (C=O) groups is 2. The van der Waals surface area contributed by atoms with Crippen LogP contribution in [-0.2, 0) is 16.1 Å². The number of anilines is 1. The minimum Gasteiger partial charge on any atom is -0.483 e. The molecule has 2 amide bonds. The molecular weight excluding hydrogens is 453 g/mol.